The Kier molecular flexibility index (Phi) is 6.69. The Labute approximate surface area is 148 Å². The maximum Gasteiger partial charge on any atom is 0.142 e. The quantitative estimate of drug-likeness (QED) is 0.888. The van der Waals surface area contributed by atoms with E-state index in [9.17, 15) is 4.39 Å². The summed E-state index contributed by atoms with van der Waals surface area (Å²) >= 11 is 5.77. The molecule has 1 atom stereocenters. The predicted octanol–water partition coefficient (Wildman–Crippen LogP) is 3.35. The molecule has 2 heterocycles. The molecule has 0 amide bonds. The van der Waals surface area contributed by atoms with Crippen LogP contribution in [-0.4, -0.2) is 44.8 Å². The Hall–Kier alpha value is -0.390. The van der Waals surface area contributed by atoms with Crippen molar-refractivity contribution in [3.63, 3.8) is 0 Å². The zero-order chi connectivity index (χ0) is 15.6. The van der Waals surface area contributed by atoms with Crippen molar-refractivity contribution in [3.8, 4) is 0 Å². The Morgan fingerprint density at radius 2 is 2.13 bits per heavy atom. The SMILES string of the molecule is COCC1CN(Cc2ccc(Cl)c(F)c2)CC12CCNCC2.Cl. The fourth-order valence-corrected chi connectivity index (χ4v) is 4.20. The van der Waals surface area contributed by atoms with Gasteiger partial charge in [0.05, 0.1) is 11.6 Å². The predicted molar refractivity (Wildman–Crippen MR) is 93.8 cm³/mol. The molecular weight excluding hydrogens is 338 g/mol. The maximum absolute atomic E-state index is 13.6. The van der Waals surface area contributed by atoms with Crippen LogP contribution in [0.3, 0.4) is 0 Å². The minimum absolute atomic E-state index is 0. The topological polar surface area (TPSA) is 24.5 Å². The molecule has 0 bridgehead atoms. The first-order valence-corrected chi connectivity index (χ1v) is 8.37. The first-order chi connectivity index (χ1) is 10.6. The average Bonchev–Trinajstić information content (AvgIpc) is 2.81. The molecule has 2 saturated heterocycles. The van der Waals surface area contributed by atoms with Gasteiger partial charge in [0.25, 0.3) is 0 Å². The highest BCUT2D eigenvalue weighted by Crippen LogP contribution is 2.43. The zero-order valence-electron chi connectivity index (χ0n) is 13.5. The fourth-order valence-electron chi connectivity index (χ4n) is 4.08. The molecule has 0 aromatic heterocycles. The monoisotopic (exact) mass is 362 g/mol. The minimum atomic E-state index is -0.330. The third kappa shape index (κ3) is 4.18. The highest BCUT2D eigenvalue weighted by Gasteiger charge is 2.46. The lowest BCUT2D eigenvalue weighted by Gasteiger charge is -2.38. The van der Waals surface area contributed by atoms with Crippen molar-refractivity contribution in [1.82, 2.24) is 10.2 Å². The van der Waals surface area contributed by atoms with Gasteiger partial charge in [-0.3, -0.25) is 4.90 Å². The van der Waals surface area contributed by atoms with Crippen molar-refractivity contribution in [2.24, 2.45) is 11.3 Å². The molecule has 3 rings (SSSR count). The van der Waals surface area contributed by atoms with Crippen LogP contribution < -0.4 is 5.32 Å². The van der Waals surface area contributed by atoms with Crippen molar-refractivity contribution in [1.29, 1.82) is 0 Å². The van der Waals surface area contributed by atoms with Crippen molar-refractivity contribution in [3.05, 3.63) is 34.6 Å². The number of hydrogen-bond donors (Lipinski definition) is 1. The lowest BCUT2D eigenvalue weighted by Crippen LogP contribution is -2.43. The molecule has 0 saturated carbocycles. The van der Waals surface area contributed by atoms with E-state index in [-0.39, 0.29) is 23.2 Å². The molecule has 130 valence electrons. The summed E-state index contributed by atoms with van der Waals surface area (Å²) in [5.41, 5.74) is 1.34. The molecule has 0 aliphatic carbocycles. The summed E-state index contributed by atoms with van der Waals surface area (Å²) < 4.78 is 19.1. The summed E-state index contributed by atoms with van der Waals surface area (Å²) in [6.45, 7) is 5.87. The van der Waals surface area contributed by atoms with Gasteiger partial charge in [-0.05, 0) is 49.0 Å². The van der Waals surface area contributed by atoms with Crippen LogP contribution >= 0.6 is 24.0 Å². The number of halogens is 3. The molecule has 1 aromatic carbocycles. The molecule has 23 heavy (non-hydrogen) atoms. The number of nitrogens with zero attached hydrogens (tertiary/aromatic N) is 1. The number of rotatable bonds is 4. The summed E-state index contributed by atoms with van der Waals surface area (Å²) in [5.74, 6) is 0.236. The number of likely N-dealkylation sites (tertiary alicyclic amines) is 1. The number of nitrogens with one attached hydrogen (secondary N) is 1. The van der Waals surface area contributed by atoms with E-state index < -0.39 is 0 Å². The van der Waals surface area contributed by atoms with E-state index >= 15 is 0 Å². The number of piperidine rings is 1. The number of benzene rings is 1. The van der Waals surface area contributed by atoms with Gasteiger partial charge < -0.3 is 10.1 Å². The summed E-state index contributed by atoms with van der Waals surface area (Å²) in [7, 11) is 1.78. The van der Waals surface area contributed by atoms with Gasteiger partial charge in [-0.25, -0.2) is 4.39 Å². The Morgan fingerprint density at radius 1 is 1.39 bits per heavy atom. The second-order valence-corrected chi connectivity index (χ2v) is 7.09. The van der Waals surface area contributed by atoms with E-state index in [1.807, 2.05) is 6.07 Å². The van der Waals surface area contributed by atoms with Crippen LogP contribution in [0.15, 0.2) is 18.2 Å². The highest BCUT2D eigenvalue weighted by atomic mass is 35.5. The molecular formula is C17H25Cl2FN2O. The molecule has 1 spiro atoms. The van der Waals surface area contributed by atoms with Gasteiger partial charge in [-0.2, -0.15) is 0 Å². The Bertz CT molecular complexity index is 523. The van der Waals surface area contributed by atoms with Crippen LogP contribution in [0.1, 0.15) is 18.4 Å². The van der Waals surface area contributed by atoms with Gasteiger partial charge in [0.1, 0.15) is 5.82 Å². The first-order valence-electron chi connectivity index (χ1n) is 7.99. The summed E-state index contributed by atoms with van der Waals surface area (Å²) in [5, 5.41) is 3.65. The molecule has 0 radical (unpaired) electrons. The largest absolute Gasteiger partial charge is 0.384 e. The van der Waals surface area contributed by atoms with Crippen LogP contribution in [0, 0.1) is 17.2 Å². The van der Waals surface area contributed by atoms with E-state index in [0.717, 1.165) is 44.9 Å². The second-order valence-electron chi connectivity index (χ2n) is 6.68. The number of hydrogen-bond acceptors (Lipinski definition) is 3. The van der Waals surface area contributed by atoms with Gasteiger partial charge in [-0.1, -0.05) is 17.7 Å². The van der Waals surface area contributed by atoms with Gasteiger partial charge >= 0.3 is 0 Å². The first kappa shape index (κ1) is 18.9. The number of methoxy groups -OCH3 is 1. The molecule has 1 N–H and O–H groups in total. The Balaban J connectivity index is 0.00000192. The summed E-state index contributed by atoms with van der Waals surface area (Å²) in [6.07, 6.45) is 2.40. The number of ether oxygens (including phenoxy) is 1. The average molecular weight is 363 g/mol. The molecule has 2 aliphatic heterocycles. The van der Waals surface area contributed by atoms with Gasteiger partial charge in [0, 0.05) is 32.7 Å². The minimum Gasteiger partial charge on any atom is -0.384 e. The van der Waals surface area contributed by atoms with Crippen LogP contribution in [0.5, 0.6) is 0 Å². The van der Waals surface area contributed by atoms with E-state index in [1.165, 1.54) is 12.8 Å². The van der Waals surface area contributed by atoms with Crippen molar-refractivity contribution >= 4 is 24.0 Å². The summed E-state index contributed by atoms with van der Waals surface area (Å²) in [6, 6.07) is 5.13. The van der Waals surface area contributed by atoms with Crippen LogP contribution in [-0.2, 0) is 11.3 Å². The molecule has 3 nitrogen and oxygen atoms in total. The smallest absolute Gasteiger partial charge is 0.142 e. The van der Waals surface area contributed by atoms with Crippen LogP contribution in [0.4, 0.5) is 4.39 Å². The lowest BCUT2D eigenvalue weighted by atomic mass is 9.71. The normalized spacial score (nSPS) is 23.9. The Morgan fingerprint density at radius 3 is 2.78 bits per heavy atom. The molecule has 1 unspecified atom stereocenters. The van der Waals surface area contributed by atoms with E-state index in [0.29, 0.717) is 11.3 Å². The molecule has 2 aliphatic rings. The lowest BCUT2D eigenvalue weighted by molar-refractivity contribution is 0.0716. The standard InChI is InChI=1S/C17H24ClFN2O.ClH/c1-22-11-14-10-21(12-17(14)4-6-20-7-5-17)9-13-2-3-15(18)16(19)8-13;/h2-3,8,14,20H,4-7,9-12H2,1H3;1H. The van der Waals surface area contributed by atoms with Crippen LogP contribution in [0.2, 0.25) is 5.02 Å². The third-order valence-electron chi connectivity index (χ3n) is 5.24. The molecule has 6 heteroatoms. The van der Waals surface area contributed by atoms with Gasteiger partial charge in [0.15, 0.2) is 0 Å². The summed E-state index contributed by atoms with van der Waals surface area (Å²) in [4.78, 5) is 2.44. The molecule has 2 fully saturated rings. The maximum atomic E-state index is 13.6. The fraction of sp³-hybridized carbons (Fsp3) is 0.647. The molecule has 1 aromatic rings. The van der Waals surface area contributed by atoms with E-state index in [4.69, 9.17) is 16.3 Å². The van der Waals surface area contributed by atoms with E-state index in [1.54, 1.807) is 19.2 Å². The van der Waals surface area contributed by atoms with Crippen LogP contribution in [0.25, 0.3) is 0 Å². The van der Waals surface area contributed by atoms with Crippen molar-refractivity contribution < 1.29 is 9.13 Å². The third-order valence-corrected chi connectivity index (χ3v) is 5.55. The second kappa shape index (κ2) is 8.13. The van der Waals surface area contributed by atoms with Crippen molar-refractivity contribution in [2.45, 2.75) is 19.4 Å². The van der Waals surface area contributed by atoms with Gasteiger partial charge in [-0.15, -0.1) is 12.4 Å². The van der Waals surface area contributed by atoms with E-state index in [2.05, 4.69) is 10.2 Å². The van der Waals surface area contributed by atoms with Gasteiger partial charge in [0.2, 0.25) is 0 Å². The zero-order valence-corrected chi connectivity index (χ0v) is 15.1. The highest BCUT2D eigenvalue weighted by molar-refractivity contribution is 6.30. The van der Waals surface area contributed by atoms with Crippen molar-refractivity contribution in [2.75, 3.05) is 39.9 Å².